The molecular weight excluding hydrogens is 243 g/mol. The lowest BCUT2D eigenvalue weighted by molar-refractivity contribution is -0.139. The molecule has 1 aromatic carbocycles. The fraction of sp³-hybridized carbons (Fsp3) is 0.538. The second-order valence-corrected chi connectivity index (χ2v) is 4.34. The Hall–Kier alpha value is -1.23. The molecule has 1 atom stereocenters. The molecule has 1 rings (SSSR count). The first kappa shape index (κ1) is 14.8. The van der Waals surface area contributed by atoms with Gasteiger partial charge in [-0.25, -0.2) is 0 Å². The van der Waals surface area contributed by atoms with Gasteiger partial charge < -0.3 is 10.4 Å². The molecule has 5 heteroatoms. The fourth-order valence-corrected chi connectivity index (χ4v) is 1.81. The summed E-state index contributed by atoms with van der Waals surface area (Å²) in [5, 5.41) is 12.2. The summed E-state index contributed by atoms with van der Waals surface area (Å²) >= 11 is 0. The van der Waals surface area contributed by atoms with E-state index < -0.39 is 18.6 Å². The van der Waals surface area contributed by atoms with Crippen LogP contribution in [0, 0.1) is 0 Å². The Labute approximate surface area is 105 Å². The molecule has 0 aliphatic heterocycles. The largest absolute Gasteiger partial charge is 0.508 e. The van der Waals surface area contributed by atoms with Crippen molar-refractivity contribution >= 4 is 0 Å². The lowest BCUT2D eigenvalue weighted by Gasteiger charge is -2.20. The first-order valence-electron chi connectivity index (χ1n) is 5.98. The number of phenolic OH excluding ortho intramolecular Hbond substituents is 1. The third-order valence-corrected chi connectivity index (χ3v) is 2.55. The quantitative estimate of drug-likeness (QED) is 0.823. The predicted octanol–water partition coefficient (Wildman–Crippen LogP) is 3.26. The van der Waals surface area contributed by atoms with Gasteiger partial charge in [0.25, 0.3) is 0 Å². The summed E-state index contributed by atoms with van der Waals surface area (Å²) < 4.78 is 37.3. The average molecular weight is 261 g/mol. The number of nitrogens with one attached hydrogen (secondary N) is 1. The Kier molecular flexibility index (Phi) is 5.47. The van der Waals surface area contributed by atoms with Crippen molar-refractivity contribution < 1.29 is 18.3 Å². The van der Waals surface area contributed by atoms with Crippen LogP contribution in [0.15, 0.2) is 24.3 Å². The van der Waals surface area contributed by atoms with Crippen LogP contribution in [0.5, 0.6) is 5.75 Å². The highest BCUT2D eigenvalue weighted by Crippen LogP contribution is 2.24. The third kappa shape index (κ3) is 5.91. The monoisotopic (exact) mass is 261 g/mol. The van der Waals surface area contributed by atoms with Crippen molar-refractivity contribution in [1.29, 1.82) is 0 Å². The maximum Gasteiger partial charge on any atom is 0.390 e. The maximum atomic E-state index is 12.4. The van der Waals surface area contributed by atoms with Gasteiger partial charge in [-0.05, 0) is 37.1 Å². The number of phenols is 1. The summed E-state index contributed by atoms with van der Waals surface area (Å²) in [5.41, 5.74) is 0.702. The lowest BCUT2D eigenvalue weighted by Crippen LogP contribution is -2.36. The first-order chi connectivity index (χ1) is 8.40. The van der Waals surface area contributed by atoms with E-state index in [2.05, 4.69) is 5.32 Å². The highest BCUT2D eigenvalue weighted by Gasteiger charge is 2.31. The Balaban J connectivity index is 2.65. The van der Waals surface area contributed by atoms with Crippen LogP contribution >= 0.6 is 0 Å². The second kappa shape index (κ2) is 6.64. The zero-order valence-corrected chi connectivity index (χ0v) is 10.3. The topological polar surface area (TPSA) is 32.3 Å². The number of alkyl halides is 3. The molecule has 2 nitrogen and oxygen atoms in total. The van der Waals surface area contributed by atoms with Gasteiger partial charge in [0.15, 0.2) is 0 Å². The molecule has 0 spiro atoms. The van der Waals surface area contributed by atoms with Crippen LogP contribution in [0.4, 0.5) is 13.2 Å². The molecule has 0 bridgehead atoms. The van der Waals surface area contributed by atoms with E-state index in [0.29, 0.717) is 12.1 Å². The molecule has 0 fully saturated rings. The van der Waals surface area contributed by atoms with Crippen LogP contribution in [-0.2, 0) is 6.42 Å². The smallest absolute Gasteiger partial charge is 0.390 e. The van der Waals surface area contributed by atoms with Crippen molar-refractivity contribution in [2.24, 2.45) is 0 Å². The SMILES string of the molecule is CCCNC(Cc1cccc(O)c1)CC(F)(F)F. The van der Waals surface area contributed by atoms with Crippen molar-refractivity contribution in [3.05, 3.63) is 29.8 Å². The second-order valence-electron chi connectivity index (χ2n) is 4.34. The molecule has 0 aromatic heterocycles. The number of hydrogen-bond acceptors (Lipinski definition) is 2. The van der Waals surface area contributed by atoms with Crippen LogP contribution in [0.1, 0.15) is 25.3 Å². The minimum Gasteiger partial charge on any atom is -0.508 e. The van der Waals surface area contributed by atoms with Gasteiger partial charge in [0.1, 0.15) is 5.75 Å². The van der Waals surface area contributed by atoms with Gasteiger partial charge >= 0.3 is 6.18 Å². The van der Waals surface area contributed by atoms with Crippen molar-refractivity contribution in [2.45, 2.75) is 38.4 Å². The molecule has 1 aromatic rings. The molecule has 0 radical (unpaired) electrons. The summed E-state index contributed by atoms with van der Waals surface area (Å²) in [6.07, 6.45) is -3.99. The molecule has 18 heavy (non-hydrogen) atoms. The van der Waals surface area contributed by atoms with Crippen molar-refractivity contribution in [1.82, 2.24) is 5.32 Å². The minimum absolute atomic E-state index is 0.0775. The van der Waals surface area contributed by atoms with Gasteiger partial charge in [-0.2, -0.15) is 13.2 Å². The Morgan fingerprint density at radius 2 is 2.06 bits per heavy atom. The molecule has 0 aliphatic carbocycles. The zero-order chi connectivity index (χ0) is 13.6. The molecule has 0 amide bonds. The van der Waals surface area contributed by atoms with Crippen molar-refractivity contribution in [2.75, 3.05) is 6.54 Å². The van der Waals surface area contributed by atoms with Gasteiger partial charge in [0, 0.05) is 6.04 Å². The molecule has 0 saturated carbocycles. The van der Waals surface area contributed by atoms with Crippen LogP contribution in [-0.4, -0.2) is 23.9 Å². The van der Waals surface area contributed by atoms with E-state index in [1.807, 2.05) is 6.92 Å². The molecule has 2 N–H and O–H groups in total. The zero-order valence-electron chi connectivity index (χ0n) is 10.3. The molecule has 102 valence electrons. The standard InChI is InChI=1S/C13H18F3NO/c1-2-6-17-11(9-13(14,15)16)7-10-4-3-5-12(18)8-10/h3-5,8,11,17-18H,2,6-7,9H2,1H3. The van der Waals surface area contributed by atoms with Gasteiger partial charge in [-0.15, -0.1) is 0 Å². The number of rotatable bonds is 6. The number of hydrogen-bond donors (Lipinski definition) is 2. The van der Waals surface area contributed by atoms with E-state index in [9.17, 15) is 18.3 Å². The first-order valence-corrected chi connectivity index (χ1v) is 5.98. The number of benzene rings is 1. The fourth-order valence-electron chi connectivity index (χ4n) is 1.81. The summed E-state index contributed by atoms with van der Waals surface area (Å²) in [5.74, 6) is 0.0775. The number of aromatic hydroxyl groups is 1. The summed E-state index contributed by atoms with van der Waals surface area (Å²) in [6, 6.07) is 5.71. The van der Waals surface area contributed by atoms with Crippen LogP contribution < -0.4 is 5.32 Å². The van der Waals surface area contributed by atoms with Gasteiger partial charge in [-0.1, -0.05) is 19.1 Å². The van der Waals surface area contributed by atoms with Crippen molar-refractivity contribution in [3.63, 3.8) is 0 Å². The van der Waals surface area contributed by atoms with Crippen LogP contribution in [0.2, 0.25) is 0 Å². The highest BCUT2D eigenvalue weighted by molar-refractivity contribution is 5.27. The molecule has 1 unspecified atom stereocenters. The lowest BCUT2D eigenvalue weighted by atomic mass is 10.0. The van der Waals surface area contributed by atoms with Crippen molar-refractivity contribution in [3.8, 4) is 5.75 Å². The molecule has 0 aliphatic rings. The van der Waals surface area contributed by atoms with Crippen LogP contribution in [0.3, 0.4) is 0 Å². The maximum absolute atomic E-state index is 12.4. The summed E-state index contributed by atoms with van der Waals surface area (Å²) in [4.78, 5) is 0. The van der Waals surface area contributed by atoms with E-state index in [4.69, 9.17) is 0 Å². The number of halogens is 3. The van der Waals surface area contributed by atoms with E-state index in [0.717, 1.165) is 6.42 Å². The third-order valence-electron chi connectivity index (χ3n) is 2.55. The predicted molar refractivity (Wildman–Crippen MR) is 64.6 cm³/mol. The summed E-state index contributed by atoms with van der Waals surface area (Å²) in [6.45, 7) is 2.46. The van der Waals surface area contributed by atoms with Gasteiger partial charge in [-0.3, -0.25) is 0 Å². The molecule has 0 saturated heterocycles. The Bertz CT molecular complexity index is 365. The molecular formula is C13H18F3NO. The average Bonchev–Trinajstić information content (AvgIpc) is 2.24. The molecule has 0 heterocycles. The Morgan fingerprint density at radius 1 is 1.33 bits per heavy atom. The van der Waals surface area contributed by atoms with Gasteiger partial charge in [0.2, 0.25) is 0 Å². The summed E-state index contributed by atoms with van der Waals surface area (Å²) in [7, 11) is 0. The van der Waals surface area contributed by atoms with E-state index in [-0.39, 0.29) is 12.2 Å². The van der Waals surface area contributed by atoms with Crippen LogP contribution in [0.25, 0.3) is 0 Å². The van der Waals surface area contributed by atoms with E-state index in [1.165, 1.54) is 12.1 Å². The van der Waals surface area contributed by atoms with Gasteiger partial charge in [0.05, 0.1) is 6.42 Å². The highest BCUT2D eigenvalue weighted by atomic mass is 19.4. The van der Waals surface area contributed by atoms with E-state index in [1.54, 1.807) is 12.1 Å². The minimum atomic E-state index is -4.18. The normalized spacial score (nSPS) is 13.6. The Morgan fingerprint density at radius 3 is 2.61 bits per heavy atom. The van der Waals surface area contributed by atoms with E-state index >= 15 is 0 Å².